The van der Waals surface area contributed by atoms with Gasteiger partial charge in [-0.25, -0.2) is 0 Å². The fourth-order valence-corrected chi connectivity index (χ4v) is 3.72. The van der Waals surface area contributed by atoms with Crippen LogP contribution in [0, 0.1) is 17.8 Å². The first-order valence-electron chi connectivity index (χ1n) is 8.15. The molecule has 1 amide bonds. The Morgan fingerprint density at radius 3 is 2.10 bits per heavy atom. The van der Waals surface area contributed by atoms with Crippen molar-refractivity contribution in [1.82, 2.24) is 4.90 Å². The van der Waals surface area contributed by atoms with Crippen molar-refractivity contribution in [2.75, 3.05) is 13.1 Å². The van der Waals surface area contributed by atoms with Gasteiger partial charge in [-0.3, -0.25) is 9.59 Å². The fraction of sp³-hybridized carbons (Fsp3) is 0.875. The maximum atomic E-state index is 12.7. The van der Waals surface area contributed by atoms with Crippen molar-refractivity contribution in [2.24, 2.45) is 17.8 Å². The van der Waals surface area contributed by atoms with Crippen LogP contribution in [0.3, 0.4) is 0 Å². The van der Waals surface area contributed by atoms with Crippen molar-refractivity contribution in [1.29, 1.82) is 0 Å². The van der Waals surface area contributed by atoms with Crippen LogP contribution >= 0.6 is 0 Å². The van der Waals surface area contributed by atoms with Crippen molar-refractivity contribution in [3.05, 3.63) is 0 Å². The number of hydrogen-bond acceptors (Lipinski definition) is 2. The van der Waals surface area contributed by atoms with Gasteiger partial charge in [-0.05, 0) is 31.6 Å². The third-order valence-corrected chi connectivity index (χ3v) is 5.04. The van der Waals surface area contributed by atoms with Gasteiger partial charge in [0.25, 0.3) is 0 Å². The molecule has 0 aromatic rings. The van der Waals surface area contributed by atoms with Gasteiger partial charge in [0.1, 0.15) is 0 Å². The molecule has 0 aromatic carbocycles. The van der Waals surface area contributed by atoms with Crippen molar-refractivity contribution in [3.63, 3.8) is 0 Å². The molecule has 0 aromatic heterocycles. The smallest absolute Gasteiger partial charge is 0.307 e. The van der Waals surface area contributed by atoms with Gasteiger partial charge in [0.15, 0.2) is 0 Å². The Morgan fingerprint density at radius 2 is 1.55 bits per heavy atom. The minimum absolute atomic E-state index is 0.107. The summed E-state index contributed by atoms with van der Waals surface area (Å²) in [5.41, 5.74) is 0. The van der Waals surface area contributed by atoms with Crippen LogP contribution in [0.15, 0.2) is 0 Å². The Bertz CT molecular complexity index is 348. The Labute approximate surface area is 121 Å². The summed E-state index contributed by atoms with van der Waals surface area (Å²) in [6, 6.07) is 0. The van der Waals surface area contributed by atoms with Gasteiger partial charge in [0.2, 0.25) is 5.91 Å². The molecule has 2 fully saturated rings. The Kier molecular flexibility index (Phi) is 5.44. The number of amides is 1. The summed E-state index contributed by atoms with van der Waals surface area (Å²) in [6.07, 6.45) is 8.19. The van der Waals surface area contributed by atoms with Crippen LogP contribution in [-0.2, 0) is 9.59 Å². The second-order valence-electron chi connectivity index (χ2n) is 6.39. The highest BCUT2D eigenvalue weighted by Gasteiger charge is 2.43. The topological polar surface area (TPSA) is 57.6 Å². The predicted octanol–water partition coefficient (Wildman–Crippen LogP) is 2.92. The standard InChI is InChI=1S/C16H27NO3/c1-2-12-10-13(14(11-12)16(19)20)15(18)17-8-6-4-3-5-7-9-17/h12-14H,2-11H2,1H3,(H,19,20)/t12?,13-,14+/m0/s1. The van der Waals surface area contributed by atoms with Crippen LogP contribution < -0.4 is 0 Å². The maximum Gasteiger partial charge on any atom is 0.307 e. The number of rotatable bonds is 3. The molecule has 1 N–H and O–H groups in total. The van der Waals surface area contributed by atoms with E-state index in [9.17, 15) is 14.7 Å². The Hall–Kier alpha value is -1.06. The van der Waals surface area contributed by atoms with Crippen molar-refractivity contribution in [2.45, 2.75) is 58.3 Å². The van der Waals surface area contributed by atoms with E-state index < -0.39 is 11.9 Å². The Morgan fingerprint density at radius 1 is 1.00 bits per heavy atom. The number of carboxylic acids is 1. The van der Waals surface area contributed by atoms with E-state index >= 15 is 0 Å². The SMILES string of the molecule is CCC1C[C@H](C(=O)N2CCCCCCC2)[C@H](C(=O)O)C1. The van der Waals surface area contributed by atoms with Gasteiger partial charge in [0.05, 0.1) is 11.8 Å². The average molecular weight is 281 g/mol. The first kappa shape index (κ1) is 15.3. The number of nitrogens with zero attached hydrogens (tertiary/aromatic N) is 1. The lowest BCUT2D eigenvalue weighted by Crippen LogP contribution is -2.40. The molecule has 1 aliphatic carbocycles. The molecule has 114 valence electrons. The zero-order valence-electron chi connectivity index (χ0n) is 12.5. The summed E-state index contributed by atoms with van der Waals surface area (Å²) in [6.45, 7) is 3.73. The van der Waals surface area contributed by atoms with E-state index in [1.54, 1.807) is 0 Å². The highest BCUT2D eigenvalue weighted by molar-refractivity contribution is 5.85. The van der Waals surface area contributed by atoms with E-state index in [1.807, 2.05) is 4.90 Å². The normalized spacial score (nSPS) is 31.6. The van der Waals surface area contributed by atoms with Crippen LogP contribution in [0.25, 0.3) is 0 Å². The molecule has 1 heterocycles. The van der Waals surface area contributed by atoms with Crippen LogP contribution in [0.1, 0.15) is 58.3 Å². The molecule has 1 saturated carbocycles. The maximum absolute atomic E-state index is 12.7. The monoisotopic (exact) mass is 281 g/mol. The van der Waals surface area contributed by atoms with Gasteiger partial charge in [0, 0.05) is 13.1 Å². The number of carboxylic acid groups (broad SMARTS) is 1. The Balaban J connectivity index is 2.03. The molecule has 2 rings (SSSR count). The molecule has 20 heavy (non-hydrogen) atoms. The lowest BCUT2D eigenvalue weighted by Gasteiger charge is -2.28. The summed E-state index contributed by atoms with van der Waals surface area (Å²) in [5, 5.41) is 9.37. The highest BCUT2D eigenvalue weighted by Crippen LogP contribution is 2.39. The predicted molar refractivity (Wildman–Crippen MR) is 77.3 cm³/mol. The van der Waals surface area contributed by atoms with Gasteiger partial charge in [-0.15, -0.1) is 0 Å². The summed E-state index contributed by atoms with van der Waals surface area (Å²) in [5.74, 6) is -1.02. The average Bonchev–Trinajstić information content (AvgIpc) is 2.82. The van der Waals surface area contributed by atoms with Crippen molar-refractivity contribution in [3.8, 4) is 0 Å². The van der Waals surface area contributed by atoms with E-state index in [1.165, 1.54) is 19.3 Å². The van der Waals surface area contributed by atoms with E-state index in [2.05, 4.69) is 6.92 Å². The summed E-state index contributed by atoms with van der Waals surface area (Å²) in [4.78, 5) is 26.1. The number of carbonyl (C=O) groups excluding carboxylic acids is 1. The summed E-state index contributed by atoms with van der Waals surface area (Å²) >= 11 is 0. The number of likely N-dealkylation sites (tertiary alicyclic amines) is 1. The van der Waals surface area contributed by atoms with Crippen LogP contribution in [0.2, 0.25) is 0 Å². The third-order valence-electron chi connectivity index (χ3n) is 5.04. The molecule has 1 unspecified atom stereocenters. The fourth-order valence-electron chi connectivity index (χ4n) is 3.72. The molecule has 2 aliphatic rings. The molecular weight excluding hydrogens is 254 g/mol. The second kappa shape index (κ2) is 7.09. The quantitative estimate of drug-likeness (QED) is 0.865. The van der Waals surface area contributed by atoms with Crippen LogP contribution in [-0.4, -0.2) is 35.0 Å². The van der Waals surface area contributed by atoms with Gasteiger partial charge < -0.3 is 10.0 Å². The third kappa shape index (κ3) is 3.53. The van der Waals surface area contributed by atoms with Crippen molar-refractivity contribution >= 4 is 11.9 Å². The molecular formula is C16H27NO3. The largest absolute Gasteiger partial charge is 0.481 e. The lowest BCUT2D eigenvalue weighted by molar-refractivity contribution is -0.149. The van der Waals surface area contributed by atoms with Gasteiger partial charge >= 0.3 is 5.97 Å². The van der Waals surface area contributed by atoms with Crippen LogP contribution in [0.4, 0.5) is 0 Å². The second-order valence-corrected chi connectivity index (χ2v) is 6.39. The summed E-state index contributed by atoms with van der Waals surface area (Å²) < 4.78 is 0. The lowest BCUT2D eigenvalue weighted by atomic mass is 9.94. The number of aliphatic carboxylic acids is 1. The molecule has 1 saturated heterocycles. The van der Waals surface area contributed by atoms with E-state index in [4.69, 9.17) is 0 Å². The van der Waals surface area contributed by atoms with E-state index in [0.29, 0.717) is 12.3 Å². The molecule has 3 atom stereocenters. The molecule has 0 spiro atoms. The summed E-state index contributed by atoms with van der Waals surface area (Å²) in [7, 11) is 0. The first-order valence-corrected chi connectivity index (χ1v) is 8.15. The van der Waals surface area contributed by atoms with E-state index in [0.717, 1.165) is 38.8 Å². The molecule has 0 bridgehead atoms. The molecule has 0 radical (unpaired) electrons. The minimum Gasteiger partial charge on any atom is -0.481 e. The molecule has 4 nitrogen and oxygen atoms in total. The van der Waals surface area contributed by atoms with E-state index in [-0.39, 0.29) is 11.8 Å². The van der Waals surface area contributed by atoms with Gasteiger partial charge in [-0.1, -0.05) is 32.6 Å². The van der Waals surface area contributed by atoms with Gasteiger partial charge in [-0.2, -0.15) is 0 Å². The number of carbonyl (C=O) groups is 2. The molecule has 4 heteroatoms. The zero-order valence-corrected chi connectivity index (χ0v) is 12.5. The first-order chi connectivity index (χ1) is 9.63. The van der Waals surface area contributed by atoms with Crippen molar-refractivity contribution < 1.29 is 14.7 Å². The molecule has 1 aliphatic heterocycles. The van der Waals surface area contributed by atoms with Crippen LogP contribution in [0.5, 0.6) is 0 Å². The highest BCUT2D eigenvalue weighted by atomic mass is 16.4. The number of hydrogen-bond donors (Lipinski definition) is 1. The minimum atomic E-state index is -0.786. The zero-order chi connectivity index (χ0) is 14.5.